The van der Waals surface area contributed by atoms with E-state index < -0.39 is 11.9 Å². The maximum Gasteiger partial charge on any atom is 0.308 e. The summed E-state index contributed by atoms with van der Waals surface area (Å²) in [5.74, 6) is -1.35. The van der Waals surface area contributed by atoms with Crippen LogP contribution in [0.2, 0.25) is 0 Å². The highest BCUT2D eigenvalue weighted by atomic mass is 16.5. The molecule has 0 aliphatic heterocycles. The summed E-state index contributed by atoms with van der Waals surface area (Å²) in [7, 11) is 0. The van der Waals surface area contributed by atoms with Crippen molar-refractivity contribution < 1.29 is 19.4 Å². The monoisotopic (exact) mass is 229 g/mol. The molecule has 1 aliphatic carbocycles. The summed E-state index contributed by atoms with van der Waals surface area (Å²) in [6, 6.07) is -0.202. The van der Waals surface area contributed by atoms with Gasteiger partial charge < -0.3 is 15.2 Å². The fourth-order valence-corrected chi connectivity index (χ4v) is 2.02. The van der Waals surface area contributed by atoms with Gasteiger partial charge in [0.05, 0.1) is 12.5 Å². The number of rotatable bonds is 6. The van der Waals surface area contributed by atoms with Crippen LogP contribution in [0.5, 0.6) is 0 Å². The molecule has 0 saturated heterocycles. The van der Waals surface area contributed by atoms with E-state index in [0.29, 0.717) is 26.1 Å². The van der Waals surface area contributed by atoms with Crippen LogP contribution >= 0.6 is 0 Å². The zero-order valence-corrected chi connectivity index (χ0v) is 9.57. The third kappa shape index (κ3) is 3.81. The average Bonchev–Trinajstić information content (AvgIpc) is 2.66. The molecule has 92 valence electrons. The van der Waals surface area contributed by atoms with E-state index >= 15 is 0 Å². The second kappa shape index (κ2) is 6.48. The molecule has 0 bridgehead atoms. The maximum absolute atomic E-state index is 11.5. The maximum atomic E-state index is 11.5. The van der Waals surface area contributed by atoms with E-state index in [-0.39, 0.29) is 11.9 Å². The van der Waals surface area contributed by atoms with Gasteiger partial charge in [-0.05, 0) is 19.8 Å². The van der Waals surface area contributed by atoms with Gasteiger partial charge >= 0.3 is 5.97 Å². The number of amides is 1. The zero-order chi connectivity index (χ0) is 12.0. The molecule has 2 N–H and O–H groups in total. The predicted molar refractivity (Wildman–Crippen MR) is 58.0 cm³/mol. The van der Waals surface area contributed by atoms with Crippen molar-refractivity contribution in [2.24, 2.45) is 5.92 Å². The summed E-state index contributed by atoms with van der Waals surface area (Å²) < 4.78 is 5.07. The van der Waals surface area contributed by atoms with Gasteiger partial charge in [-0.1, -0.05) is 6.42 Å². The molecule has 5 nitrogen and oxygen atoms in total. The van der Waals surface area contributed by atoms with Gasteiger partial charge in [-0.15, -0.1) is 0 Å². The summed E-state index contributed by atoms with van der Waals surface area (Å²) in [6.45, 7) is 2.86. The highest BCUT2D eigenvalue weighted by Gasteiger charge is 2.33. The topological polar surface area (TPSA) is 75.6 Å². The van der Waals surface area contributed by atoms with Crippen LogP contribution in [0, 0.1) is 5.92 Å². The molecular formula is C11H19NO4. The van der Waals surface area contributed by atoms with Gasteiger partial charge in [0.1, 0.15) is 0 Å². The largest absolute Gasteiger partial charge is 0.481 e. The van der Waals surface area contributed by atoms with Crippen LogP contribution < -0.4 is 5.32 Å². The molecule has 0 aromatic heterocycles. The van der Waals surface area contributed by atoms with Crippen LogP contribution in [0.1, 0.15) is 32.6 Å². The minimum absolute atomic E-state index is 0.119. The van der Waals surface area contributed by atoms with E-state index in [1.807, 2.05) is 6.92 Å². The summed E-state index contributed by atoms with van der Waals surface area (Å²) >= 11 is 0. The molecule has 0 radical (unpaired) electrons. The molecule has 1 fully saturated rings. The Hall–Kier alpha value is -1.10. The van der Waals surface area contributed by atoms with Gasteiger partial charge in [-0.2, -0.15) is 0 Å². The van der Waals surface area contributed by atoms with E-state index in [9.17, 15) is 9.59 Å². The zero-order valence-electron chi connectivity index (χ0n) is 9.57. The van der Waals surface area contributed by atoms with Crippen LogP contribution in [-0.2, 0) is 14.3 Å². The Labute approximate surface area is 95.2 Å². The normalized spacial score (nSPS) is 24.3. The lowest BCUT2D eigenvalue weighted by Crippen LogP contribution is -2.40. The Bertz CT molecular complexity index is 254. The third-order valence-electron chi connectivity index (χ3n) is 2.86. The van der Waals surface area contributed by atoms with E-state index in [1.165, 1.54) is 0 Å². The molecule has 0 aromatic carbocycles. The highest BCUT2D eigenvalue weighted by molar-refractivity contribution is 5.78. The van der Waals surface area contributed by atoms with Gasteiger partial charge in [0.2, 0.25) is 5.91 Å². The van der Waals surface area contributed by atoms with Crippen molar-refractivity contribution in [1.82, 2.24) is 5.32 Å². The Morgan fingerprint density at radius 2 is 2.19 bits per heavy atom. The van der Waals surface area contributed by atoms with Crippen molar-refractivity contribution in [1.29, 1.82) is 0 Å². The molecule has 0 aromatic rings. The van der Waals surface area contributed by atoms with Crippen LogP contribution in [0.3, 0.4) is 0 Å². The molecular weight excluding hydrogens is 210 g/mol. The first kappa shape index (κ1) is 13.0. The van der Waals surface area contributed by atoms with Crippen molar-refractivity contribution in [3.63, 3.8) is 0 Å². The number of hydrogen-bond donors (Lipinski definition) is 2. The first-order chi connectivity index (χ1) is 7.65. The van der Waals surface area contributed by atoms with Gasteiger partial charge in [0.15, 0.2) is 0 Å². The van der Waals surface area contributed by atoms with E-state index in [1.54, 1.807) is 0 Å². The molecule has 1 amide bonds. The molecule has 1 aliphatic rings. The Morgan fingerprint density at radius 3 is 2.81 bits per heavy atom. The number of carbonyl (C=O) groups is 2. The number of carboxylic acid groups (broad SMARTS) is 1. The van der Waals surface area contributed by atoms with Gasteiger partial charge in [0.25, 0.3) is 0 Å². The summed E-state index contributed by atoms with van der Waals surface area (Å²) in [6.07, 6.45) is 2.59. The number of aliphatic carboxylic acids is 1. The standard InChI is InChI=1S/C11H19NO4/c1-2-16-7-6-10(13)12-9-5-3-4-8(9)11(14)15/h8-9H,2-7H2,1H3,(H,12,13)(H,14,15). The molecule has 2 atom stereocenters. The lowest BCUT2D eigenvalue weighted by molar-refractivity contribution is -0.142. The average molecular weight is 229 g/mol. The second-order valence-electron chi connectivity index (χ2n) is 4.00. The molecule has 0 spiro atoms. The Morgan fingerprint density at radius 1 is 1.44 bits per heavy atom. The van der Waals surface area contributed by atoms with Crippen LogP contribution in [0.25, 0.3) is 0 Å². The van der Waals surface area contributed by atoms with Crippen LogP contribution in [0.4, 0.5) is 0 Å². The number of carboxylic acids is 1. The lowest BCUT2D eigenvalue weighted by atomic mass is 10.0. The highest BCUT2D eigenvalue weighted by Crippen LogP contribution is 2.25. The van der Waals surface area contributed by atoms with Gasteiger partial charge in [-0.25, -0.2) is 0 Å². The fourth-order valence-electron chi connectivity index (χ4n) is 2.02. The summed E-state index contributed by atoms with van der Waals surface area (Å²) in [5, 5.41) is 11.7. The second-order valence-corrected chi connectivity index (χ2v) is 4.00. The number of hydrogen-bond acceptors (Lipinski definition) is 3. The quantitative estimate of drug-likeness (QED) is 0.660. The summed E-state index contributed by atoms with van der Waals surface area (Å²) in [5.41, 5.74) is 0. The van der Waals surface area contributed by atoms with Gasteiger partial charge in [-0.3, -0.25) is 9.59 Å². The predicted octanol–water partition coefficient (Wildman–Crippen LogP) is 0.782. The van der Waals surface area contributed by atoms with E-state index in [2.05, 4.69) is 5.32 Å². The Kier molecular flexibility index (Phi) is 5.25. The number of ether oxygens (including phenoxy) is 1. The summed E-state index contributed by atoms with van der Waals surface area (Å²) in [4.78, 5) is 22.3. The Balaban J connectivity index is 2.30. The van der Waals surface area contributed by atoms with Gasteiger partial charge in [0, 0.05) is 19.1 Å². The molecule has 1 saturated carbocycles. The third-order valence-corrected chi connectivity index (χ3v) is 2.86. The van der Waals surface area contributed by atoms with Crippen molar-refractivity contribution in [2.45, 2.75) is 38.6 Å². The minimum atomic E-state index is -0.812. The van der Waals surface area contributed by atoms with Crippen LogP contribution in [-0.4, -0.2) is 36.2 Å². The van der Waals surface area contributed by atoms with Crippen molar-refractivity contribution in [3.8, 4) is 0 Å². The van der Waals surface area contributed by atoms with E-state index in [0.717, 1.165) is 12.8 Å². The number of carbonyl (C=O) groups excluding carboxylic acids is 1. The first-order valence-electron chi connectivity index (χ1n) is 5.75. The molecule has 0 heterocycles. The lowest BCUT2D eigenvalue weighted by Gasteiger charge is -2.17. The van der Waals surface area contributed by atoms with E-state index in [4.69, 9.17) is 9.84 Å². The fraction of sp³-hybridized carbons (Fsp3) is 0.818. The smallest absolute Gasteiger partial charge is 0.308 e. The minimum Gasteiger partial charge on any atom is -0.481 e. The SMILES string of the molecule is CCOCCC(=O)NC1CCCC1C(=O)O. The number of nitrogens with one attached hydrogen (secondary N) is 1. The van der Waals surface area contributed by atoms with Crippen molar-refractivity contribution >= 4 is 11.9 Å². The molecule has 5 heteroatoms. The molecule has 1 rings (SSSR count). The van der Waals surface area contributed by atoms with Crippen molar-refractivity contribution in [2.75, 3.05) is 13.2 Å². The first-order valence-corrected chi connectivity index (χ1v) is 5.75. The molecule has 2 unspecified atom stereocenters. The van der Waals surface area contributed by atoms with Crippen molar-refractivity contribution in [3.05, 3.63) is 0 Å². The van der Waals surface area contributed by atoms with Crippen LogP contribution in [0.15, 0.2) is 0 Å². The molecule has 16 heavy (non-hydrogen) atoms.